The van der Waals surface area contributed by atoms with Crippen molar-refractivity contribution in [2.45, 2.75) is 39.3 Å². The van der Waals surface area contributed by atoms with Gasteiger partial charge in [-0.15, -0.1) is 0 Å². The number of amides is 1. The van der Waals surface area contributed by atoms with Crippen LogP contribution in [0.3, 0.4) is 0 Å². The molecule has 2 N–H and O–H groups in total. The molecule has 0 unspecified atom stereocenters. The van der Waals surface area contributed by atoms with Gasteiger partial charge in [0.1, 0.15) is 5.75 Å². The molecule has 0 aliphatic carbocycles. The Kier molecular flexibility index (Phi) is 7.68. The van der Waals surface area contributed by atoms with Crippen molar-refractivity contribution >= 4 is 29.2 Å². The van der Waals surface area contributed by atoms with Gasteiger partial charge in [0, 0.05) is 17.6 Å². The Morgan fingerprint density at radius 2 is 1.96 bits per heavy atom. The SMILES string of the molecule is COc1ccc(Cl)cc1NCCC(=O)O[C@@H](C)C(=O)NC(C)C. The first-order chi connectivity index (χ1) is 10.8. The Morgan fingerprint density at radius 3 is 2.57 bits per heavy atom. The molecule has 0 aliphatic rings. The number of methoxy groups -OCH3 is 1. The van der Waals surface area contributed by atoms with E-state index in [0.717, 1.165) is 0 Å². The average Bonchev–Trinajstić information content (AvgIpc) is 2.46. The highest BCUT2D eigenvalue weighted by molar-refractivity contribution is 6.30. The number of esters is 1. The van der Waals surface area contributed by atoms with Gasteiger partial charge >= 0.3 is 5.97 Å². The molecule has 1 atom stereocenters. The number of rotatable bonds is 8. The minimum absolute atomic E-state index is 0.000567. The topological polar surface area (TPSA) is 76.7 Å². The summed E-state index contributed by atoms with van der Waals surface area (Å²) in [5.41, 5.74) is 0.693. The lowest BCUT2D eigenvalue weighted by Crippen LogP contribution is -2.39. The van der Waals surface area contributed by atoms with Crippen molar-refractivity contribution in [3.63, 3.8) is 0 Å². The van der Waals surface area contributed by atoms with E-state index in [1.807, 2.05) is 13.8 Å². The molecule has 6 nitrogen and oxygen atoms in total. The molecule has 0 heterocycles. The van der Waals surface area contributed by atoms with E-state index in [9.17, 15) is 9.59 Å². The summed E-state index contributed by atoms with van der Waals surface area (Å²) in [6, 6.07) is 5.17. The van der Waals surface area contributed by atoms with Gasteiger partial charge in [0.05, 0.1) is 19.2 Å². The Labute approximate surface area is 141 Å². The third kappa shape index (κ3) is 6.78. The standard InChI is InChI=1S/C16H23ClN2O4/c1-10(2)19-16(21)11(3)23-15(20)7-8-18-13-9-12(17)5-6-14(13)22-4/h5-6,9-11,18H,7-8H2,1-4H3,(H,19,21)/t11-/m0/s1. The van der Waals surface area contributed by atoms with Crippen LogP contribution in [0.4, 0.5) is 5.69 Å². The molecular weight excluding hydrogens is 320 g/mol. The number of benzene rings is 1. The van der Waals surface area contributed by atoms with Gasteiger partial charge in [0.2, 0.25) is 0 Å². The number of halogens is 1. The maximum Gasteiger partial charge on any atom is 0.308 e. The number of hydrogen-bond donors (Lipinski definition) is 2. The molecule has 0 spiro atoms. The van der Waals surface area contributed by atoms with Crippen LogP contribution in [-0.2, 0) is 14.3 Å². The molecule has 1 aromatic carbocycles. The van der Waals surface area contributed by atoms with Gasteiger partial charge in [-0.25, -0.2) is 0 Å². The highest BCUT2D eigenvalue weighted by Gasteiger charge is 2.18. The van der Waals surface area contributed by atoms with Crippen molar-refractivity contribution in [1.82, 2.24) is 5.32 Å². The lowest BCUT2D eigenvalue weighted by atomic mass is 10.3. The molecule has 1 aromatic rings. The number of carbonyl (C=O) groups is 2. The summed E-state index contributed by atoms with van der Waals surface area (Å²) in [4.78, 5) is 23.4. The van der Waals surface area contributed by atoms with Crippen LogP contribution >= 0.6 is 11.6 Å². The van der Waals surface area contributed by atoms with Crippen molar-refractivity contribution in [1.29, 1.82) is 0 Å². The molecule has 7 heteroatoms. The molecule has 1 amide bonds. The van der Waals surface area contributed by atoms with Crippen LogP contribution in [0.1, 0.15) is 27.2 Å². The Bertz CT molecular complexity index is 549. The molecule has 1 rings (SSSR count). The highest BCUT2D eigenvalue weighted by Crippen LogP contribution is 2.27. The van der Waals surface area contributed by atoms with E-state index in [0.29, 0.717) is 23.0 Å². The molecule has 0 saturated heterocycles. The van der Waals surface area contributed by atoms with Crippen LogP contribution in [0.2, 0.25) is 5.02 Å². The first-order valence-electron chi connectivity index (χ1n) is 7.40. The van der Waals surface area contributed by atoms with Crippen molar-refractivity contribution in [3.8, 4) is 5.75 Å². The molecular formula is C16H23ClN2O4. The van der Waals surface area contributed by atoms with E-state index in [-0.39, 0.29) is 18.4 Å². The van der Waals surface area contributed by atoms with Crippen molar-refractivity contribution in [2.24, 2.45) is 0 Å². The van der Waals surface area contributed by atoms with E-state index in [2.05, 4.69) is 10.6 Å². The Balaban J connectivity index is 2.42. The monoisotopic (exact) mass is 342 g/mol. The molecule has 0 radical (unpaired) electrons. The first kappa shape index (κ1) is 19.1. The Morgan fingerprint density at radius 1 is 1.26 bits per heavy atom. The minimum Gasteiger partial charge on any atom is -0.495 e. The lowest BCUT2D eigenvalue weighted by molar-refractivity contribution is -0.154. The van der Waals surface area contributed by atoms with Gasteiger partial charge in [-0.3, -0.25) is 9.59 Å². The second kappa shape index (κ2) is 9.25. The summed E-state index contributed by atoms with van der Waals surface area (Å²) < 4.78 is 10.3. The second-order valence-electron chi connectivity index (χ2n) is 5.32. The average molecular weight is 343 g/mol. The second-order valence-corrected chi connectivity index (χ2v) is 5.75. The number of nitrogens with one attached hydrogen (secondary N) is 2. The van der Waals surface area contributed by atoms with E-state index in [1.165, 1.54) is 0 Å². The fraction of sp³-hybridized carbons (Fsp3) is 0.500. The van der Waals surface area contributed by atoms with Crippen LogP contribution < -0.4 is 15.4 Å². The van der Waals surface area contributed by atoms with E-state index in [1.54, 1.807) is 32.2 Å². The maximum atomic E-state index is 11.8. The molecule has 0 fully saturated rings. The first-order valence-corrected chi connectivity index (χ1v) is 7.78. The van der Waals surface area contributed by atoms with E-state index in [4.69, 9.17) is 21.1 Å². The molecule has 0 saturated carbocycles. The number of ether oxygens (including phenoxy) is 2. The quantitative estimate of drug-likeness (QED) is 0.710. The van der Waals surface area contributed by atoms with Crippen LogP contribution in [0.5, 0.6) is 5.75 Å². The van der Waals surface area contributed by atoms with Gasteiger partial charge in [-0.2, -0.15) is 0 Å². The van der Waals surface area contributed by atoms with Crippen LogP contribution in [0.25, 0.3) is 0 Å². The minimum atomic E-state index is -0.814. The van der Waals surface area contributed by atoms with Gasteiger partial charge in [0.25, 0.3) is 5.91 Å². The fourth-order valence-electron chi connectivity index (χ4n) is 1.83. The number of anilines is 1. The van der Waals surface area contributed by atoms with Gasteiger partial charge in [-0.1, -0.05) is 11.6 Å². The molecule has 0 aromatic heterocycles. The fourth-order valence-corrected chi connectivity index (χ4v) is 2.00. The number of carbonyl (C=O) groups excluding carboxylic acids is 2. The molecule has 23 heavy (non-hydrogen) atoms. The van der Waals surface area contributed by atoms with Crippen LogP contribution in [-0.4, -0.2) is 37.7 Å². The molecule has 128 valence electrons. The van der Waals surface area contributed by atoms with Crippen molar-refractivity contribution < 1.29 is 19.1 Å². The molecule has 0 aliphatic heterocycles. The zero-order chi connectivity index (χ0) is 17.4. The summed E-state index contributed by atoms with van der Waals surface area (Å²) in [5, 5.41) is 6.31. The van der Waals surface area contributed by atoms with Crippen LogP contribution in [0, 0.1) is 0 Å². The lowest BCUT2D eigenvalue weighted by Gasteiger charge is -2.16. The smallest absolute Gasteiger partial charge is 0.308 e. The van der Waals surface area contributed by atoms with Crippen LogP contribution in [0.15, 0.2) is 18.2 Å². The Hall–Kier alpha value is -1.95. The van der Waals surface area contributed by atoms with Gasteiger partial charge in [-0.05, 0) is 39.0 Å². The summed E-state index contributed by atoms with van der Waals surface area (Å²) in [7, 11) is 1.55. The van der Waals surface area contributed by atoms with Crippen molar-refractivity contribution in [3.05, 3.63) is 23.2 Å². The summed E-state index contributed by atoms with van der Waals surface area (Å²) in [6.45, 7) is 5.57. The third-order valence-corrected chi connectivity index (χ3v) is 3.15. The predicted octanol–water partition coefficient (Wildman–Crippen LogP) is 2.61. The van der Waals surface area contributed by atoms with E-state index >= 15 is 0 Å². The normalized spacial score (nSPS) is 11.7. The predicted molar refractivity (Wildman–Crippen MR) is 89.9 cm³/mol. The zero-order valence-corrected chi connectivity index (χ0v) is 14.6. The maximum absolute atomic E-state index is 11.8. The van der Waals surface area contributed by atoms with Gasteiger partial charge in [0.15, 0.2) is 6.10 Å². The largest absolute Gasteiger partial charge is 0.495 e. The third-order valence-electron chi connectivity index (χ3n) is 2.91. The zero-order valence-electron chi connectivity index (χ0n) is 13.8. The van der Waals surface area contributed by atoms with E-state index < -0.39 is 12.1 Å². The summed E-state index contributed by atoms with van der Waals surface area (Å²) in [5.74, 6) is -0.129. The summed E-state index contributed by atoms with van der Waals surface area (Å²) >= 11 is 5.93. The number of hydrogen-bond acceptors (Lipinski definition) is 5. The van der Waals surface area contributed by atoms with Gasteiger partial charge < -0.3 is 20.1 Å². The van der Waals surface area contributed by atoms with Crippen molar-refractivity contribution in [2.75, 3.05) is 19.0 Å². The summed E-state index contributed by atoms with van der Waals surface area (Å²) in [6.07, 6.45) is -0.694. The highest BCUT2D eigenvalue weighted by atomic mass is 35.5. The molecule has 0 bridgehead atoms.